The van der Waals surface area contributed by atoms with E-state index in [0.717, 1.165) is 5.39 Å². The molecule has 9 heteroatoms. The average molecular weight is 441 g/mol. The summed E-state index contributed by atoms with van der Waals surface area (Å²) in [5.74, 6) is 0.103. The van der Waals surface area contributed by atoms with Crippen molar-refractivity contribution < 1.29 is 13.9 Å². The molecule has 0 radical (unpaired) electrons. The largest absolute Gasteiger partial charge is 0.457 e. The van der Waals surface area contributed by atoms with Crippen molar-refractivity contribution in [1.29, 1.82) is 0 Å². The second-order valence-corrected chi connectivity index (χ2v) is 7.85. The number of hydrogen-bond acceptors (Lipinski definition) is 6. The molecule has 0 atom stereocenters. The first-order chi connectivity index (χ1) is 15.3. The maximum absolute atomic E-state index is 13.1. The smallest absolute Gasteiger partial charge is 0.330 e. The van der Waals surface area contributed by atoms with Crippen molar-refractivity contribution in [3.8, 4) is 0 Å². The predicted octanol–water partition coefficient (Wildman–Crippen LogP) is 2.60. The number of amides is 1. The second-order valence-electron chi connectivity index (χ2n) is 7.85. The summed E-state index contributed by atoms with van der Waals surface area (Å²) in [6, 6.07) is 9.33. The lowest BCUT2D eigenvalue weighted by Gasteiger charge is -2.23. The Kier molecular flexibility index (Phi) is 7.32. The van der Waals surface area contributed by atoms with Crippen LogP contribution in [-0.4, -0.2) is 35.7 Å². The topological polar surface area (TPSA) is 124 Å². The van der Waals surface area contributed by atoms with Gasteiger partial charge in [0.25, 0.3) is 11.5 Å². The zero-order valence-corrected chi connectivity index (χ0v) is 18.5. The van der Waals surface area contributed by atoms with Crippen LogP contribution < -0.4 is 21.9 Å². The van der Waals surface area contributed by atoms with Gasteiger partial charge in [0.15, 0.2) is 5.69 Å². The Hall–Kier alpha value is -3.59. The molecule has 32 heavy (non-hydrogen) atoms. The number of nitrogens with two attached hydrogens (primary N) is 1. The van der Waals surface area contributed by atoms with Crippen LogP contribution in [0.25, 0.3) is 17.0 Å². The summed E-state index contributed by atoms with van der Waals surface area (Å²) >= 11 is 0. The van der Waals surface area contributed by atoms with E-state index in [-0.39, 0.29) is 24.0 Å². The summed E-state index contributed by atoms with van der Waals surface area (Å²) in [6.07, 6.45) is 3.34. The first kappa shape index (κ1) is 23.1. The Bertz CT molecular complexity index is 1200. The van der Waals surface area contributed by atoms with Gasteiger partial charge in [0, 0.05) is 38.3 Å². The summed E-state index contributed by atoms with van der Waals surface area (Å²) in [4.78, 5) is 41.6. The Morgan fingerprint density at radius 1 is 1.31 bits per heavy atom. The summed E-state index contributed by atoms with van der Waals surface area (Å²) in [7, 11) is 1.55. The Morgan fingerprint density at radius 2 is 2.06 bits per heavy atom. The van der Waals surface area contributed by atoms with Gasteiger partial charge in [-0.2, -0.15) is 0 Å². The normalized spacial score (nSPS) is 11.6. The molecular weight excluding hydrogens is 412 g/mol. The van der Waals surface area contributed by atoms with Crippen molar-refractivity contribution in [1.82, 2.24) is 9.55 Å². The van der Waals surface area contributed by atoms with Crippen molar-refractivity contribution in [3.63, 3.8) is 0 Å². The number of furan rings is 1. The number of para-hydroxylation sites is 1. The van der Waals surface area contributed by atoms with Gasteiger partial charge in [0.05, 0.1) is 0 Å². The molecule has 0 unspecified atom stereocenters. The highest BCUT2D eigenvalue weighted by Crippen LogP contribution is 2.21. The van der Waals surface area contributed by atoms with Gasteiger partial charge in [-0.25, -0.2) is 4.79 Å². The highest BCUT2D eigenvalue weighted by atomic mass is 16.5. The molecule has 170 valence electrons. The van der Waals surface area contributed by atoms with Gasteiger partial charge in [0.2, 0.25) is 0 Å². The van der Waals surface area contributed by atoms with Gasteiger partial charge in [-0.1, -0.05) is 32.0 Å². The quantitative estimate of drug-likeness (QED) is 0.389. The number of carbonyl (C=O) groups excluding carboxylic acids is 1. The number of rotatable bonds is 9. The molecule has 0 bridgehead atoms. The van der Waals surface area contributed by atoms with Crippen LogP contribution in [0.2, 0.25) is 0 Å². The molecule has 0 spiro atoms. The van der Waals surface area contributed by atoms with Gasteiger partial charge in [-0.3, -0.25) is 19.1 Å². The van der Waals surface area contributed by atoms with Crippen LogP contribution in [0.5, 0.6) is 0 Å². The summed E-state index contributed by atoms with van der Waals surface area (Å²) in [5.41, 5.74) is 5.54. The van der Waals surface area contributed by atoms with Crippen molar-refractivity contribution in [2.24, 2.45) is 5.92 Å². The number of hydrogen-bond donors (Lipinski definition) is 2. The first-order valence-corrected chi connectivity index (χ1v) is 10.4. The zero-order valence-electron chi connectivity index (χ0n) is 18.5. The van der Waals surface area contributed by atoms with E-state index in [1.807, 2.05) is 44.2 Å². The second kappa shape index (κ2) is 10.1. The average Bonchev–Trinajstić information content (AvgIpc) is 3.17. The van der Waals surface area contributed by atoms with Gasteiger partial charge in [-0.15, -0.1) is 0 Å². The van der Waals surface area contributed by atoms with E-state index >= 15 is 0 Å². The van der Waals surface area contributed by atoms with Crippen LogP contribution in [0, 0.1) is 5.92 Å². The minimum Gasteiger partial charge on any atom is -0.457 e. The number of fused-ring (bicyclic) bond motifs is 1. The first-order valence-electron chi connectivity index (χ1n) is 10.4. The number of H-pyrrole nitrogens is 1. The number of ether oxygens (including phenoxy) is 1. The third-order valence-electron chi connectivity index (χ3n) is 4.86. The monoisotopic (exact) mass is 440 g/mol. The van der Waals surface area contributed by atoms with E-state index < -0.39 is 17.2 Å². The molecule has 2 heterocycles. The molecule has 9 nitrogen and oxygen atoms in total. The molecule has 3 aromatic rings. The van der Waals surface area contributed by atoms with Crippen LogP contribution in [0.4, 0.5) is 11.5 Å². The highest BCUT2D eigenvalue weighted by Gasteiger charge is 2.23. The lowest BCUT2D eigenvalue weighted by molar-refractivity contribution is -0.114. The maximum Gasteiger partial charge on any atom is 0.330 e. The standard InChI is InChI=1S/C23H28N4O5/c1-15(2)14-27-21(24)20(22(29)25-23(27)30)26(11-6-12-31-3)19(28)10-9-17-13-16-7-4-5-8-18(16)32-17/h4-5,7-10,13,15H,6,11-12,14,24H2,1-3H3,(H,25,29,30)/b10-9+. The predicted molar refractivity (Wildman–Crippen MR) is 125 cm³/mol. The van der Waals surface area contributed by atoms with Gasteiger partial charge >= 0.3 is 5.69 Å². The molecule has 3 N–H and O–H groups in total. The molecule has 1 aromatic carbocycles. The molecule has 0 aliphatic carbocycles. The van der Waals surface area contributed by atoms with E-state index in [2.05, 4.69) is 4.98 Å². The molecule has 2 aromatic heterocycles. The van der Waals surface area contributed by atoms with Gasteiger partial charge in [-0.05, 0) is 30.5 Å². The maximum atomic E-state index is 13.1. The van der Waals surface area contributed by atoms with Crippen LogP contribution in [0.15, 0.2) is 50.4 Å². The summed E-state index contributed by atoms with van der Waals surface area (Å²) in [5, 5.41) is 0.915. The van der Waals surface area contributed by atoms with E-state index in [1.165, 1.54) is 15.5 Å². The summed E-state index contributed by atoms with van der Waals surface area (Å²) < 4.78 is 12.1. The number of anilines is 2. The van der Waals surface area contributed by atoms with E-state index in [0.29, 0.717) is 30.9 Å². The number of nitrogens with zero attached hydrogens (tertiary/aromatic N) is 2. The van der Waals surface area contributed by atoms with E-state index in [1.54, 1.807) is 13.2 Å². The third-order valence-corrected chi connectivity index (χ3v) is 4.86. The SMILES string of the molecule is COCCCN(C(=O)/C=C/c1cc2ccccc2o1)c1c(N)n(CC(C)C)c(=O)[nH]c1=O. The molecule has 0 fully saturated rings. The van der Waals surface area contributed by atoms with Crippen LogP contribution in [0.1, 0.15) is 26.0 Å². The van der Waals surface area contributed by atoms with Crippen LogP contribution in [0.3, 0.4) is 0 Å². The van der Waals surface area contributed by atoms with Crippen molar-refractivity contribution in [2.45, 2.75) is 26.8 Å². The fourth-order valence-electron chi connectivity index (χ4n) is 3.41. The van der Waals surface area contributed by atoms with Gasteiger partial charge < -0.3 is 19.8 Å². The minimum atomic E-state index is -0.713. The van der Waals surface area contributed by atoms with E-state index in [4.69, 9.17) is 14.9 Å². The molecule has 0 aliphatic rings. The molecule has 3 rings (SSSR count). The molecule has 0 saturated heterocycles. The minimum absolute atomic E-state index is 0.0460. The van der Waals surface area contributed by atoms with Crippen LogP contribution >= 0.6 is 0 Å². The van der Waals surface area contributed by atoms with Crippen molar-refractivity contribution in [3.05, 3.63) is 63.0 Å². The number of nitrogen functional groups attached to an aromatic ring is 1. The van der Waals surface area contributed by atoms with Crippen molar-refractivity contribution >= 4 is 34.5 Å². The molecule has 0 saturated carbocycles. The number of aromatic amines is 1. The highest BCUT2D eigenvalue weighted by molar-refractivity contribution is 6.05. The fourth-order valence-corrected chi connectivity index (χ4v) is 3.41. The number of carbonyl (C=O) groups is 1. The Balaban J connectivity index is 1.98. The molecular formula is C23H28N4O5. The molecule has 1 amide bonds. The summed E-state index contributed by atoms with van der Waals surface area (Å²) in [6.45, 7) is 4.73. The van der Waals surface area contributed by atoms with Crippen molar-refractivity contribution in [2.75, 3.05) is 30.9 Å². The van der Waals surface area contributed by atoms with Gasteiger partial charge in [0.1, 0.15) is 17.2 Å². The molecule has 0 aliphatic heterocycles. The fraction of sp³-hybridized carbons (Fsp3) is 0.348. The third kappa shape index (κ3) is 5.17. The number of methoxy groups -OCH3 is 1. The Labute approximate surface area is 185 Å². The van der Waals surface area contributed by atoms with E-state index in [9.17, 15) is 14.4 Å². The number of nitrogens with one attached hydrogen (secondary N) is 1. The zero-order chi connectivity index (χ0) is 23.3. The number of aromatic nitrogens is 2. The lowest BCUT2D eigenvalue weighted by atomic mass is 10.2. The number of benzene rings is 1. The Morgan fingerprint density at radius 3 is 2.75 bits per heavy atom. The van der Waals surface area contributed by atoms with Crippen LogP contribution in [-0.2, 0) is 16.1 Å². The lowest BCUT2D eigenvalue weighted by Crippen LogP contribution is -2.41.